The molecule has 1 aliphatic heterocycles. The first kappa shape index (κ1) is 20.9. The van der Waals surface area contributed by atoms with Gasteiger partial charge in [-0.25, -0.2) is 13.1 Å². The lowest BCUT2D eigenvalue weighted by Crippen LogP contribution is -2.44. The second-order valence-electron chi connectivity index (χ2n) is 6.67. The molecule has 3 rings (SSSR count). The molecule has 2 aromatic carbocycles. The van der Waals surface area contributed by atoms with Crippen LogP contribution in [0.1, 0.15) is 12.8 Å². The third-order valence-corrected chi connectivity index (χ3v) is 6.44. The van der Waals surface area contributed by atoms with E-state index >= 15 is 0 Å². The highest BCUT2D eigenvalue weighted by Crippen LogP contribution is 2.29. The normalized spacial score (nSPS) is 15.2. The minimum atomic E-state index is -3.96. The fraction of sp³-hybridized carbons (Fsp3) is 0.368. The van der Waals surface area contributed by atoms with E-state index in [2.05, 4.69) is 9.62 Å². The average molecular weight is 421 g/mol. The Morgan fingerprint density at radius 3 is 2.28 bits per heavy atom. The molecule has 9 nitrogen and oxygen atoms in total. The highest BCUT2D eigenvalue weighted by Gasteiger charge is 2.28. The molecule has 0 aliphatic carbocycles. The molecule has 29 heavy (non-hydrogen) atoms. The zero-order valence-corrected chi connectivity index (χ0v) is 17.0. The molecular weight excluding hydrogens is 398 g/mol. The lowest BCUT2D eigenvalue weighted by Gasteiger charge is -2.34. The largest absolute Gasteiger partial charge is 0.497 e. The van der Waals surface area contributed by atoms with E-state index < -0.39 is 14.9 Å². The van der Waals surface area contributed by atoms with Crippen LogP contribution in [0.15, 0.2) is 47.4 Å². The predicted octanol–water partition coefficient (Wildman–Crippen LogP) is 2.56. The third kappa shape index (κ3) is 4.77. The monoisotopic (exact) mass is 421 g/mol. The smallest absolute Gasteiger partial charge is 0.271 e. The van der Waals surface area contributed by atoms with E-state index in [1.54, 1.807) is 7.11 Å². The van der Waals surface area contributed by atoms with Crippen molar-refractivity contribution in [2.45, 2.75) is 23.8 Å². The number of piperidine rings is 1. The first-order chi connectivity index (χ1) is 13.8. The summed E-state index contributed by atoms with van der Waals surface area (Å²) in [6.07, 6.45) is 1.23. The number of nitrogens with zero attached hydrogens (tertiary/aromatic N) is 2. The molecular formula is C19H23N3O6S. The van der Waals surface area contributed by atoms with Crippen LogP contribution in [0.2, 0.25) is 0 Å². The molecule has 10 heteroatoms. The summed E-state index contributed by atoms with van der Waals surface area (Å²) >= 11 is 0. The zero-order valence-electron chi connectivity index (χ0n) is 16.2. The summed E-state index contributed by atoms with van der Waals surface area (Å²) in [4.78, 5) is 12.3. The number of ether oxygens (including phenoxy) is 2. The molecule has 0 spiro atoms. The standard InChI is InChI=1S/C19H23N3O6S/c1-27-17-6-3-15(4-7-17)21-11-9-14(10-12-21)20-29(25,26)19-13-16(22(23)24)5-8-18(19)28-2/h3-8,13-14,20H,9-12H2,1-2H3. The summed E-state index contributed by atoms with van der Waals surface area (Å²) in [7, 11) is -1.02. The van der Waals surface area contributed by atoms with E-state index in [-0.39, 0.29) is 22.4 Å². The van der Waals surface area contributed by atoms with Crippen LogP contribution in [0.3, 0.4) is 0 Å². The van der Waals surface area contributed by atoms with Gasteiger partial charge < -0.3 is 14.4 Å². The Hall–Kier alpha value is -2.85. The van der Waals surface area contributed by atoms with Crippen molar-refractivity contribution in [3.8, 4) is 11.5 Å². The third-order valence-electron chi connectivity index (χ3n) is 4.90. The number of anilines is 1. The molecule has 1 heterocycles. The molecule has 0 saturated carbocycles. The highest BCUT2D eigenvalue weighted by atomic mass is 32.2. The molecule has 0 aromatic heterocycles. The van der Waals surface area contributed by atoms with Gasteiger partial charge in [0.15, 0.2) is 0 Å². The van der Waals surface area contributed by atoms with Crippen molar-refractivity contribution >= 4 is 21.4 Å². The van der Waals surface area contributed by atoms with Crippen molar-refractivity contribution in [1.29, 1.82) is 0 Å². The summed E-state index contributed by atoms with van der Waals surface area (Å²) in [5.41, 5.74) is 0.743. The van der Waals surface area contributed by atoms with Gasteiger partial charge in [-0.05, 0) is 43.2 Å². The second-order valence-corrected chi connectivity index (χ2v) is 8.36. The minimum Gasteiger partial charge on any atom is -0.497 e. The minimum absolute atomic E-state index is 0.0683. The predicted molar refractivity (Wildman–Crippen MR) is 108 cm³/mol. The molecule has 0 amide bonds. The van der Waals surface area contributed by atoms with E-state index in [4.69, 9.17) is 9.47 Å². The van der Waals surface area contributed by atoms with E-state index in [9.17, 15) is 18.5 Å². The van der Waals surface area contributed by atoms with Gasteiger partial charge in [0, 0.05) is 37.0 Å². The summed E-state index contributed by atoms with van der Waals surface area (Å²) in [6, 6.07) is 11.0. The lowest BCUT2D eigenvalue weighted by atomic mass is 10.1. The molecule has 0 atom stereocenters. The van der Waals surface area contributed by atoms with Gasteiger partial charge in [-0.15, -0.1) is 0 Å². The summed E-state index contributed by atoms with van der Waals surface area (Å²) in [5, 5.41) is 11.0. The first-order valence-corrected chi connectivity index (χ1v) is 10.6. The van der Waals surface area contributed by atoms with Gasteiger partial charge in [-0.1, -0.05) is 0 Å². The number of non-ortho nitro benzene ring substituents is 1. The number of nitrogens with one attached hydrogen (secondary N) is 1. The van der Waals surface area contributed by atoms with Crippen LogP contribution in [0, 0.1) is 10.1 Å². The SMILES string of the molecule is COc1ccc(N2CCC(NS(=O)(=O)c3cc([N+](=O)[O-])ccc3OC)CC2)cc1. The number of rotatable bonds is 7. The fourth-order valence-corrected chi connectivity index (χ4v) is 4.81. The van der Waals surface area contributed by atoms with Gasteiger partial charge in [0.1, 0.15) is 16.4 Å². The molecule has 1 aliphatic rings. The van der Waals surface area contributed by atoms with Crippen LogP contribution >= 0.6 is 0 Å². The summed E-state index contributed by atoms with van der Waals surface area (Å²) in [6.45, 7) is 1.37. The summed E-state index contributed by atoms with van der Waals surface area (Å²) < 4.78 is 38.6. The molecule has 1 N–H and O–H groups in total. The maximum atomic E-state index is 12.8. The number of nitro benzene ring substituents is 1. The maximum Gasteiger partial charge on any atom is 0.271 e. The molecule has 1 saturated heterocycles. The van der Waals surface area contributed by atoms with Crippen molar-refractivity contribution in [3.63, 3.8) is 0 Å². The van der Waals surface area contributed by atoms with Crippen LogP contribution in [0.5, 0.6) is 11.5 Å². The van der Waals surface area contributed by atoms with E-state index in [1.807, 2.05) is 24.3 Å². The van der Waals surface area contributed by atoms with Gasteiger partial charge in [0.2, 0.25) is 10.0 Å². The second kappa shape index (κ2) is 8.66. The number of methoxy groups -OCH3 is 2. The van der Waals surface area contributed by atoms with Crippen LogP contribution in [0.4, 0.5) is 11.4 Å². The molecule has 2 aromatic rings. The molecule has 0 radical (unpaired) electrons. The Labute approximate surface area is 169 Å². The van der Waals surface area contributed by atoms with Crippen molar-refractivity contribution in [1.82, 2.24) is 4.72 Å². The molecule has 0 bridgehead atoms. The summed E-state index contributed by atoms with van der Waals surface area (Å²) in [5.74, 6) is 0.848. The number of hydrogen-bond acceptors (Lipinski definition) is 7. The maximum absolute atomic E-state index is 12.8. The van der Waals surface area contributed by atoms with Crippen LogP contribution in [0.25, 0.3) is 0 Å². The van der Waals surface area contributed by atoms with E-state index in [0.29, 0.717) is 25.9 Å². The fourth-order valence-electron chi connectivity index (χ4n) is 3.32. The van der Waals surface area contributed by atoms with Crippen molar-refractivity contribution in [2.75, 3.05) is 32.2 Å². The average Bonchev–Trinajstić information content (AvgIpc) is 2.73. The van der Waals surface area contributed by atoms with Crippen molar-refractivity contribution in [3.05, 3.63) is 52.6 Å². The Morgan fingerprint density at radius 2 is 1.72 bits per heavy atom. The quantitative estimate of drug-likeness (QED) is 0.540. The number of benzene rings is 2. The van der Waals surface area contributed by atoms with Crippen LogP contribution in [-0.2, 0) is 10.0 Å². The van der Waals surface area contributed by atoms with E-state index in [0.717, 1.165) is 17.5 Å². The Balaban J connectivity index is 1.69. The highest BCUT2D eigenvalue weighted by molar-refractivity contribution is 7.89. The van der Waals surface area contributed by atoms with Crippen molar-refractivity contribution in [2.24, 2.45) is 0 Å². The Morgan fingerprint density at radius 1 is 1.07 bits per heavy atom. The Kier molecular flexibility index (Phi) is 6.23. The number of hydrogen-bond donors (Lipinski definition) is 1. The number of nitro groups is 1. The van der Waals surface area contributed by atoms with Crippen LogP contribution < -0.4 is 19.1 Å². The van der Waals surface area contributed by atoms with E-state index in [1.165, 1.54) is 19.2 Å². The Bertz CT molecular complexity index is 970. The zero-order chi connectivity index (χ0) is 21.0. The number of sulfonamides is 1. The van der Waals surface area contributed by atoms with Gasteiger partial charge in [-0.2, -0.15) is 0 Å². The molecule has 156 valence electrons. The van der Waals surface area contributed by atoms with Gasteiger partial charge >= 0.3 is 0 Å². The molecule has 1 fully saturated rings. The van der Waals surface area contributed by atoms with Gasteiger partial charge in [-0.3, -0.25) is 10.1 Å². The first-order valence-electron chi connectivity index (χ1n) is 9.08. The van der Waals surface area contributed by atoms with Crippen molar-refractivity contribution < 1.29 is 22.8 Å². The topological polar surface area (TPSA) is 111 Å². The van der Waals surface area contributed by atoms with Crippen LogP contribution in [-0.4, -0.2) is 46.7 Å². The van der Waals surface area contributed by atoms with Gasteiger partial charge in [0.25, 0.3) is 5.69 Å². The molecule has 0 unspecified atom stereocenters. The van der Waals surface area contributed by atoms with Gasteiger partial charge in [0.05, 0.1) is 19.1 Å². The lowest BCUT2D eigenvalue weighted by molar-refractivity contribution is -0.385.